The van der Waals surface area contributed by atoms with Crippen LogP contribution in [0.2, 0.25) is 0 Å². The van der Waals surface area contributed by atoms with E-state index in [0.717, 1.165) is 51.4 Å². The maximum atomic E-state index is 15.1. The molecule has 4 spiro atoms. The lowest BCUT2D eigenvalue weighted by Gasteiger charge is -2.69. The summed E-state index contributed by atoms with van der Waals surface area (Å²) in [5, 5.41) is 22.2. The first-order chi connectivity index (χ1) is 16.2. The Bertz CT molecular complexity index is 1030. The molecule has 0 aromatic rings. The van der Waals surface area contributed by atoms with Crippen molar-refractivity contribution in [3.63, 3.8) is 0 Å². The van der Waals surface area contributed by atoms with Crippen molar-refractivity contribution >= 4 is 0 Å². The molecule has 10 atom stereocenters. The number of hydrogen-bond acceptors (Lipinski definition) is 3. The van der Waals surface area contributed by atoms with E-state index in [-0.39, 0.29) is 51.6 Å². The van der Waals surface area contributed by atoms with Gasteiger partial charge < -0.3 is 14.9 Å². The van der Waals surface area contributed by atoms with Crippen LogP contribution >= 0.6 is 0 Å². The minimum absolute atomic E-state index is 0.000296. The van der Waals surface area contributed by atoms with E-state index in [4.69, 9.17) is 11.2 Å². The van der Waals surface area contributed by atoms with Crippen LogP contribution in [-0.2, 0) is 4.74 Å². The normalized spacial score (nSPS) is 58.8. The predicted molar refractivity (Wildman–Crippen MR) is 128 cm³/mol. The Balaban J connectivity index is 1.25. The summed E-state index contributed by atoms with van der Waals surface area (Å²) in [6.45, 7) is 7.25. The van der Waals surface area contributed by atoms with Gasteiger partial charge in [-0.2, -0.15) is 0 Å². The van der Waals surface area contributed by atoms with Gasteiger partial charge in [0.25, 0.3) is 5.92 Å². The van der Waals surface area contributed by atoms with Gasteiger partial charge in [0.1, 0.15) is 0 Å². The minimum Gasteiger partial charge on any atom is -0.393 e. The van der Waals surface area contributed by atoms with Crippen molar-refractivity contribution in [2.24, 2.45) is 44.8 Å². The number of alkyl halides is 2. The summed E-state index contributed by atoms with van der Waals surface area (Å²) in [6, 6.07) is 0. The highest BCUT2D eigenvalue weighted by molar-refractivity contribution is 5.40. The molecule has 1 unspecified atom stereocenters. The summed E-state index contributed by atoms with van der Waals surface area (Å²) in [4.78, 5) is 0. The smallest absolute Gasteiger partial charge is 0.253 e. The number of rotatable bonds is 1. The number of fused-ring (bicyclic) bond motifs is 2. The topological polar surface area (TPSA) is 49.7 Å². The fraction of sp³-hybridized carbons (Fsp3) is 0.933. The van der Waals surface area contributed by atoms with Gasteiger partial charge in [-0.05, 0) is 106 Å². The van der Waals surface area contributed by atoms with E-state index >= 15 is 8.78 Å². The lowest BCUT2D eigenvalue weighted by molar-refractivity contribution is -0.282. The average molecular weight is 489 g/mol. The average Bonchev–Trinajstić information content (AvgIpc) is 3.07. The van der Waals surface area contributed by atoms with Crippen LogP contribution in [0.1, 0.15) is 98.3 Å². The van der Waals surface area contributed by atoms with Gasteiger partial charge in [0.05, 0.1) is 23.4 Å². The van der Waals surface area contributed by atoms with Crippen molar-refractivity contribution in [1.29, 1.82) is 0 Å². The molecule has 6 aliphatic carbocycles. The molecule has 0 bridgehead atoms. The first-order valence-electron chi connectivity index (χ1n) is 14.1. The molecule has 6 saturated carbocycles. The summed E-state index contributed by atoms with van der Waals surface area (Å²) in [6.07, 6.45) is 14.5. The molecule has 194 valence electrons. The molecule has 35 heavy (non-hydrogen) atoms. The number of halogens is 2. The quantitative estimate of drug-likeness (QED) is 0.465. The Morgan fingerprint density at radius 1 is 0.914 bits per heavy atom. The van der Waals surface area contributed by atoms with Crippen molar-refractivity contribution in [3.8, 4) is 12.3 Å². The molecule has 0 amide bonds. The number of aliphatic hydroxyl groups is 2. The van der Waals surface area contributed by atoms with Crippen molar-refractivity contribution in [3.05, 3.63) is 0 Å². The molecule has 0 aromatic carbocycles. The predicted octanol–water partition coefficient (Wildman–Crippen LogP) is 5.72. The summed E-state index contributed by atoms with van der Waals surface area (Å²) < 4.78 is 36.8. The van der Waals surface area contributed by atoms with E-state index in [1.54, 1.807) is 0 Å². The third-order valence-corrected chi connectivity index (χ3v) is 13.7. The van der Waals surface area contributed by atoms with Crippen molar-refractivity contribution in [1.82, 2.24) is 0 Å². The molecule has 7 fully saturated rings. The molecule has 1 heterocycles. The lowest BCUT2D eigenvalue weighted by Crippen LogP contribution is -2.69. The van der Waals surface area contributed by atoms with Crippen LogP contribution < -0.4 is 0 Å². The van der Waals surface area contributed by atoms with E-state index in [2.05, 4.69) is 5.92 Å². The van der Waals surface area contributed by atoms with Gasteiger partial charge >= 0.3 is 0 Å². The molecule has 3 nitrogen and oxygen atoms in total. The highest BCUT2D eigenvalue weighted by Crippen LogP contribution is 2.92. The molecular formula is C30H42F2O3. The molecule has 2 N–H and O–H groups in total. The van der Waals surface area contributed by atoms with Crippen LogP contribution in [0.3, 0.4) is 0 Å². The fourth-order valence-electron chi connectivity index (χ4n) is 12.4. The van der Waals surface area contributed by atoms with Crippen molar-refractivity contribution < 1.29 is 23.7 Å². The van der Waals surface area contributed by atoms with Crippen LogP contribution in [0.5, 0.6) is 0 Å². The zero-order valence-corrected chi connectivity index (χ0v) is 21.8. The zero-order valence-electron chi connectivity index (χ0n) is 21.8. The van der Waals surface area contributed by atoms with Gasteiger partial charge in [0.15, 0.2) is 0 Å². The van der Waals surface area contributed by atoms with Crippen LogP contribution in [-0.4, -0.2) is 39.5 Å². The summed E-state index contributed by atoms with van der Waals surface area (Å²) in [5.74, 6) is 1.14. The largest absolute Gasteiger partial charge is 0.393 e. The molecule has 1 saturated heterocycles. The zero-order chi connectivity index (χ0) is 25.1. The van der Waals surface area contributed by atoms with Gasteiger partial charge in [-0.1, -0.05) is 19.8 Å². The Morgan fingerprint density at radius 3 is 2.20 bits per heavy atom. The van der Waals surface area contributed by atoms with Crippen LogP contribution in [0.25, 0.3) is 0 Å². The molecule has 0 aromatic heterocycles. The van der Waals surface area contributed by atoms with Gasteiger partial charge in [-0.15, -0.1) is 6.42 Å². The number of terminal acetylenes is 1. The molecule has 0 radical (unpaired) electrons. The van der Waals surface area contributed by atoms with Crippen LogP contribution in [0, 0.1) is 57.2 Å². The second-order valence-corrected chi connectivity index (χ2v) is 15.2. The second-order valence-electron chi connectivity index (χ2n) is 15.2. The highest BCUT2D eigenvalue weighted by atomic mass is 19.3. The standard InChI is InChI=1S/C30H42F2O3/c1-6-25-15-18(33)22-28(25,17-29(22)10-9-21(35-29)24(4,5)34)12-11-27-16-26(27)13-14-30(31,32)23(2,3)19(26)7-8-20(25)27/h1,18-22,33-34H,7-17H2,2-5H3/t18-,19?,20-,21-,22-,25-,26+,27-,28-,29-/m0/s1. The van der Waals surface area contributed by atoms with Crippen molar-refractivity contribution in [2.75, 3.05) is 0 Å². The van der Waals surface area contributed by atoms with Gasteiger partial charge in [0.2, 0.25) is 0 Å². The van der Waals surface area contributed by atoms with Crippen LogP contribution in [0.4, 0.5) is 8.78 Å². The van der Waals surface area contributed by atoms with Gasteiger partial charge in [-0.3, -0.25) is 0 Å². The maximum Gasteiger partial charge on any atom is 0.253 e. The third kappa shape index (κ3) is 2.25. The Hall–Kier alpha value is -0.700. The molecule has 7 aliphatic rings. The second kappa shape index (κ2) is 6.13. The highest BCUT2D eigenvalue weighted by Gasteiger charge is 2.88. The fourth-order valence-corrected chi connectivity index (χ4v) is 12.4. The number of aliphatic hydroxyl groups excluding tert-OH is 1. The number of ether oxygens (including phenoxy) is 1. The van der Waals surface area contributed by atoms with E-state index in [9.17, 15) is 10.2 Å². The minimum atomic E-state index is -2.61. The van der Waals surface area contributed by atoms with E-state index in [0.29, 0.717) is 18.8 Å². The summed E-state index contributed by atoms with van der Waals surface area (Å²) in [7, 11) is 0. The first kappa shape index (κ1) is 23.4. The molecule has 7 rings (SSSR count). The number of hydrogen-bond donors (Lipinski definition) is 2. The maximum absolute atomic E-state index is 15.1. The lowest BCUT2D eigenvalue weighted by atomic mass is 9.35. The SMILES string of the molecule is C#C[C@@]12C[C@H](O)[C@@H]3[C@]4(CC[C@@H](C(C)(C)O)O4)C[C@@]31CC[C@@]13C[C@@]14CCC(F)(F)C(C)(C)C4CC[C@H]32. The Labute approximate surface area is 208 Å². The Morgan fingerprint density at radius 2 is 1.54 bits per heavy atom. The van der Waals surface area contributed by atoms with Crippen molar-refractivity contribution in [2.45, 2.75) is 128 Å². The van der Waals surface area contributed by atoms with E-state index < -0.39 is 23.0 Å². The molecule has 1 aliphatic heterocycles. The van der Waals surface area contributed by atoms with E-state index in [1.165, 1.54) is 0 Å². The van der Waals surface area contributed by atoms with Gasteiger partial charge in [0, 0.05) is 23.2 Å². The molecule has 5 heteroatoms. The third-order valence-electron chi connectivity index (χ3n) is 13.7. The summed E-state index contributed by atoms with van der Waals surface area (Å²) in [5.41, 5.74) is -2.64. The molecular weight excluding hydrogens is 446 g/mol. The summed E-state index contributed by atoms with van der Waals surface area (Å²) >= 11 is 0. The first-order valence-corrected chi connectivity index (χ1v) is 14.1. The Kier molecular flexibility index (Phi) is 4.10. The van der Waals surface area contributed by atoms with Crippen LogP contribution in [0.15, 0.2) is 0 Å². The van der Waals surface area contributed by atoms with Gasteiger partial charge in [-0.25, -0.2) is 8.78 Å². The monoisotopic (exact) mass is 488 g/mol. The van der Waals surface area contributed by atoms with E-state index in [1.807, 2.05) is 27.7 Å².